The molecule has 4 heteroatoms. The summed E-state index contributed by atoms with van der Waals surface area (Å²) in [7, 11) is 0. The number of aromatic nitrogens is 2. The van der Waals surface area contributed by atoms with Crippen LogP contribution in [0.15, 0.2) is 126 Å². The number of nitrogens with zero attached hydrogens (tertiary/aromatic N) is 2. The van der Waals surface area contributed by atoms with Gasteiger partial charge in [0.15, 0.2) is 5.58 Å². The molecule has 8 rings (SSSR count). The lowest BCUT2D eigenvalue weighted by Gasteiger charge is -2.07. The van der Waals surface area contributed by atoms with Gasteiger partial charge in [-0.15, -0.1) is 11.3 Å². The highest BCUT2D eigenvalue weighted by Gasteiger charge is 2.17. The minimum Gasteiger partial charge on any atom is -0.452 e. The van der Waals surface area contributed by atoms with E-state index < -0.39 is 143 Å². The van der Waals surface area contributed by atoms with Crippen LogP contribution >= 0.6 is 11.3 Å². The molecule has 0 atom stereocenters. The van der Waals surface area contributed by atoms with Crippen molar-refractivity contribution in [2.45, 2.75) is 0 Å². The van der Waals surface area contributed by atoms with Gasteiger partial charge in [0.05, 0.1) is 26.0 Å². The zero-order chi connectivity index (χ0) is 41.6. The van der Waals surface area contributed by atoms with Crippen LogP contribution in [-0.2, 0) is 0 Å². The third-order valence-corrected chi connectivity index (χ3v) is 6.94. The summed E-state index contributed by atoms with van der Waals surface area (Å²) in [6, 6.07) is -12.5. The van der Waals surface area contributed by atoms with Crippen molar-refractivity contribution in [3.05, 3.63) is 121 Å². The van der Waals surface area contributed by atoms with Crippen molar-refractivity contribution in [1.82, 2.24) is 9.97 Å². The maximum atomic E-state index is 9.42. The SMILES string of the molecule is [2H]c1c([2H])c([2H])c(-c2c([2H])c([2H])c3oc4c(-c5c([2H])c([2H])c([2H])c(-c6c([2H])c([2H])c([2H])c7c6sc6c([2H])c([2H])c([2H])c([2H])c67)c5[2H])ncnc4c3c2[2H])c([2H])c1[2H]. The first-order valence-electron chi connectivity index (χ1n) is 20.5. The Morgan fingerprint density at radius 3 is 2.34 bits per heavy atom. The summed E-state index contributed by atoms with van der Waals surface area (Å²) in [6.07, 6.45) is 0.963. The smallest absolute Gasteiger partial charge is 0.180 e. The van der Waals surface area contributed by atoms with Crippen LogP contribution < -0.4 is 0 Å². The molecule has 0 saturated heterocycles. The van der Waals surface area contributed by atoms with Gasteiger partial charge in [0.25, 0.3) is 0 Å². The molecule has 0 aliphatic carbocycles. The zero-order valence-corrected chi connectivity index (χ0v) is 19.6. The Morgan fingerprint density at radius 1 is 0.605 bits per heavy atom. The molecule has 3 aromatic heterocycles. The van der Waals surface area contributed by atoms with E-state index in [1.165, 1.54) is 0 Å². The fourth-order valence-electron chi connectivity index (χ4n) is 4.16. The highest BCUT2D eigenvalue weighted by Crippen LogP contribution is 2.41. The van der Waals surface area contributed by atoms with Crippen LogP contribution in [0.3, 0.4) is 0 Å². The van der Waals surface area contributed by atoms with E-state index in [9.17, 15) is 1.37 Å². The highest BCUT2D eigenvalue weighted by atomic mass is 32.1. The molecule has 5 aromatic carbocycles. The fraction of sp³-hybridized carbons (Fsp3) is 0. The maximum absolute atomic E-state index is 9.42. The normalized spacial score (nSPS) is 18.7. The monoisotopic (exact) mass is 523 g/mol. The number of hydrogen-bond acceptors (Lipinski definition) is 4. The zero-order valence-electron chi connectivity index (χ0n) is 37.8. The van der Waals surface area contributed by atoms with Crippen molar-refractivity contribution in [3.8, 4) is 33.5 Å². The minimum atomic E-state index is -0.766. The quantitative estimate of drug-likeness (QED) is 0.231. The molecule has 3 heterocycles. The van der Waals surface area contributed by atoms with Crippen molar-refractivity contribution >= 4 is 53.6 Å². The summed E-state index contributed by atoms with van der Waals surface area (Å²) in [6.45, 7) is 0. The third-order valence-electron chi connectivity index (χ3n) is 5.82. The number of rotatable bonds is 3. The molecule has 0 radical (unpaired) electrons. The predicted octanol–water partition coefficient (Wildman–Crippen LogP) is 9.74. The van der Waals surface area contributed by atoms with Crippen LogP contribution in [0.2, 0.25) is 0 Å². The second kappa shape index (κ2) is 8.37. The fourth-order valence-corrected chi connectivity index (χ4v) is 5.23. The van der Waals surface area contributed by atoms with Gasteiger partial charge in [-0.05, 0) is 46.4 Å². The molecule has 0 N–H and O–H groups in total. The van der Waals surface area contributed by atoms with E-state index in [-0.39, 0.29) is 47.9 Å². The van der Waals surface area contributed by atoms with E-state index in [4.69, 9.17) is 29.1 Å². The Labute approximate surface area is 249 Å². The van der Waals surface area contributed by atoms with Crippen LogP contribution in [0.5, 0.6) is 0 Å². The molecule has 3 nitrogen and oxygen atoms in total. The highest BCUT2D eigenvalue weighted by molar-refractivity contribution is 7.26. The molecule has 0 aliphatic heterocycles. The van der Waals surface area contributed by atoms with Gasteiger partial charge in [0, 0.05) is 31.1 Å². The molecule has 8 aromatic rings. The molecule has 0 spiro atoms. The molecular weight excluding hydrogens is 484 g/mol. The van der Waals surface area contributed by atoms with Gasteiger partial charge in [-0.1, -0.05) is 90.6 Å². The summed E-state index contributed by atoms with van der Waals surface area (Å²) in [4.78, 5) is 8.44. The van der Waals surface area contributed by atoms with Gasteiger partial charge in [-0.3, -0.25) is 0 Å². The van der Waals surface area contributed by atoms with Crippen LogP contribution in [0, 0.1) is 0 Å². The summed E-state index contributed by atoms with van der Waals surface area (Å²) >= 11 is 0.754. The predicted molar refractivity (Wildman–Crippen MR) is 159 cm³/mol. The van der Waals surface area contributed by atoms with Gasteiger partial charge >= 0.3 is 0 Å². The molecule has 0 fully saturated rings. The van der Waals surface area contributed by atoms with E-state index in [0.29, 0.717) is 0 Å². The lowest BCUT2D eigenvalue weighted by Crippen LogP contribution is -1.88. The molecule has 0 saturated carbocycles. The average molecular weight is 524 g/mol. The van der Waals surface area contributed by atoms with Crippen molar-refractivity contribution in [2.24, 2.45) is 0 Å². The molecule has 0 bridgehead atoms. The summed E-state index contributed by atoms with van der Waals surface area (Å²) in [5, 5.41) is -0.465. The van der Waals surface area contributed by atoms with Gasteiger partial charge in [-0.2, -0.15) is 0 Å². The van der Waals surface area contributed by atoms with Crippen molar-refractivity contribution in [1.29, 1.82) is 0 Å². The molecular formula is C34H20N2OS. The number of benzene rings is 5. The van der Waals surface area contributed by atoms with Crippen molar-refractivity contribution in [2.75, 3.05) is 0 Å². The van der Waals surface area contributed by atoms with Crippen molar-refractivity contribution < 1.29 is 30.5 Å². The summed E-state index contributed by atoms with van der Waals surface area (Å²) in [5.74, 6) is 0. The van der Waals surface area contributed by atoms with E-state index in [1.807, 2.05) is 0 Å². The lowest BCUT2D eigenvalue weighted by molar-refractivity contribution is 0.667. The first-order valence-corrected chi connectivity index (χ1v) is 11.8. The van der Waals surface area contributed by atoms with Crippen LogP contribution in [0.1, 0.15) is 26.0 Å². The largest absolute Gasteiger partial charge is 0.452 e. The van der Waals surface area contributed by atoms with Gasteiger partial charge in [0.2, 0.25) is 0 Å². The first-order chi connectivity index (χ1) is 26.8. The third kappa shape index (κ3) is 3.28. The lowest BCUT2D eigenvalue weighted by atomic mass is 9.99. The Kier molecular flexibility index (Phi) is 2.16. The topological polar surface area (TPSA) is 38.9 Å². The Hall–Kier alpha value is -4.80. The maximum Gasteiger partial charge on any atom is 0.180 e. The van der Waals surface area contributed by atoms with Gasteiger partial charge < -0.3 is 4.42 Å². The van der Waals surface area contributed by atoms with Crippen molar-refractivity contribution in [3.63, 3.8) is 0 Å². The first kappa shape index (κ1) is 9.82. The average Bonchev–Trinajstić information content (AvgIpc) is 3.78. The van der Waals surface area contributed by atoms with Crippen LogP contribution in [0.25, 0.3) is 75.8 Å². The van der Waals surface area contributed by atoms with Crippen LogP contribution in [-0.4, -0.2) is 9.97 Å². The summed E-state index contributed by atoms with van der Waals surface area (Å²) in [5.41, 5.74) is -3.51. The molecule has 178 valence electrons. The number of furan rings is 1. The summed E-state index contributed by atoms with van der Waals surface area (Å²) < 4.78 is 170. The number of fused-ring (bicyclic) bond motifs is 6. The van der Waals surface area contributed by atoms with E-state index >= 15 is 0 Å². The number of thiophene rings is 1. The molecule has 38 heavy (non-hydrogen) atoms. The second-order valence-electron chi connectivity index (χ2n) is 7.97. The number of hydrogen-bond donors (Lipinski definition) is 0. The Balaban J connectivity index is 1.48. The van der Waals surface area contributed by atoms with Gasteiger partial charge in [0.1, 0.15) is 23.1 Å². The van der Waals surface area contributed by atoms with Gasteiger partial charge in [-0.25, -0.2) is 9.97 Å². The van der Waals surface area contributed by atoms with Crippen LogP contribution in [0.4, 0.5) is 0 Å². The second-order valence-corrected chi connectivity index (χ2v) is 8.99. The molecule has 0 unspecified atom stereocenters. The Bertz CT molecular complexity index is 3170. The Morgan fingerprint density at radius 2 is 1.39 bits per heavy atom. The molecule has 0 aliphatic rings. The van der Waals surface area contributed by atoms with E-state index in [2.05, 4.69) is 9.97 Å². The van der Waals surface area contributed by atoms with E-state index in [0.717, 1.165) is 17.7 Å². The minimum absolute atomic E-state index is 0.00818. The van der Waals surface area contributed by atoms with E-state index in [1.54, 1.807) is 0 Å². The standard InChI is InChI=1S/C34H20N2OS/c1-2-8-21(9-3-1)22-16-17-29-28(19-22)32-33(37-29)31(35-20-36-32)24-11-6-10-23(18-24)25-13-7-14-27-26-12-4-5-15-30(26)38-34(25)27/h1-20H/i1D,2D,3D,4D,5D,6D,7D,8D,9D,10D,11D,12D,13D,14D,15D,16D,17D,18D,19D. The molecule has 0 amide bonds.